The molecule has 0 unspecified atom stereocenters. The largest absolute Gasteiger partial charge is 0.462 e. The van der Waals surface area contributed by atoms with Gasteiger partial charge in [-0.1, -0.05) is 47.1 Å². The summed E-state index contributed by atoms with van der Waals surface area (Å²) in [6.07, 6.45) is 1.82. The van der Waals surface area contributed by atoms with Crippen molar-refractivity contribution in [2.75, 3.05) is 13.2 Å². The number of carbonyl (C=O) groups is 2. The zero-order chi connectivity index (χ0) is 17.4. The van der Waals surface area contributed by atoms with E-state index < -0.39 is 11.9 Å². The molecular formula is C19H28O4. The van der Waals surface area contributed by atoms with Crippen LogP contribution in [0.4, 0.5) is 0 Å². The van der Waals surface area contributed by atoms with Crippen molar-refractivity contribution in [3.63, 3.8) is 0 Å². The van der Waals surface area contributed by atoms with Crippen LogP contribution >= 0.6 is 0 Å². The lowest BCUT2D eigenvalue weighted by atomic mass is 10.0. The molecule has 0 aliphatic carbocycles. The number of hydrogen-bond donors (Lipinski definition) is 0. The second-order valence-corrected chi connectivity index (χ2v) is 6.61. The number of ether oxygens (including phenoxy) is 2. The van der Waals surface area contributed by atoms with E-state index in [0.717, 1.165) is 18.4 Å². The van der Waals surface area contributed by atoms with E-state index in [1.54, 1.807) is 12.1 Å². The van der Waals surface area contributed by atoms with Gasteiger partial charge in [-0.2, -0.15) is 0 Å². The molecule has 0 aromatic heterocycles. The van der Waals surface area contributed by atoms with Gasteiger partial charge in [0.1, 0.15) is 0 Å². The number of benzene rings is 1. The molecular weight excluding hydrogens is 292 g/mol. The number of aryl methyl sites for hydroxylation is 1. The van der Waals surface area contributed by atoms with Crippen LogP contribution in [0, 0.1) is 11.8 Å². The van der Waals surface area contributed by atoms with Crippen LogP contribution in [0.1, 0.15) is 67.3 Å². The van der Waals surface area contributed by atoms with E-state index in [9.17, 15) is 9.59 Å². The van der Waals surface area contributed by atoms with E-state index >= 15 is 0 Å². The average molecular weight is 320 g/mol. The van der Waals surface area contributed by atoms with Crippen LogP contribution in [0.2, 0.25) is 0 Å². The fourth-order valence-corrected chi connectivity index (χ4v) is 2.02. The van der Waals surface area contributed by atoms with Gasteiger partial charge < -0.3 is 9.47 Å². The standard InChI is InChI=1S/C19H28O4/c1-6-7-15-8-9-16(18(20)22-11-13(2)3)17(10-15)19(21)23-12-14(4)5/h8-10,13-14H,6-7,11-12H2,1-5H3. The molecule has 0 saturated carbocycles. The van der Waals surface area contributed by atoms with Crippen molar-refractivity contribution in [2.45, 2.75) is 47.5 Å². The fraction of sp³-hybridized carbons (Fsp3) is 0.579. The minimum atomic E-state index is -0.474. The molecule has 0 bridgehead atoms. The third-order valence-corrected chi connectivity index (χ3v) is 3.16. The zero-order valence-corrected chi connectivity index (χ0v) is 14.8. The number of esters is 2. The Bertz CT molecular complexity index is 532. The minimum absolute atomic E-state index is 0.245. The summed E-state index contributed by atoms with van der Waals surface area (Å²) in [7, 11) is 0. The van der Waals surface area contributed by atoms with Crippen LogP contribution in [0.15, 0.2) is 18.2 Å². The molecule has 23 heavy (non-hydrogen) atoms. The van der Waals surface area contributed by atoms with Gasteiger partial charge in [-0.15, -0.1) is 0 Å². The maximum absolute atomic E-state index is 12.3. The second-order valence-electron chi connectivity index (χ2n) is 6.61. The Morgan fingerprint density at radius 3 is 1.91 bits per heavy atom. The highest BCUT2D eigenvalue weighted by Crippen LogP contribution is 2.17. The molecule has 0 aliphatic rings. The van der Waals surface area contributed by atoms with Crippen LogP contribution in [0.5, 0.6) is 0 Å². The predicted octanol–water partition coefficient (Wildman–Crippen LogP) is 4.26. The molecule has 0 N–H and O–H groups in total. The molecule has 1 aromatic rings. The van der Waals surface area contributed by atoms with Crippen LogP contribution in [0.25, 0.3) is 0 Å². The van der Waals surface area contributed by atoms with Crippen molar-refractivity contribution in [3.05, 3.63) is 34.9 Å². The number of rotatable bonds is 8. The molecule has 4 nitrogen and oxygen atoms in total. The van der Waals surface area contributed by atoms with E-state index in [1.165, 1.54) is 0 Å². The van der Waals surface area contributed by atoms with E-state index in [4.69, 9.17) is 9.47 Å². The highest BCUT2D eigenvalue weighted by atomic mass is 16.5. The molecule has 0 aliphatic heterocycles. The van der Waals surface area contributed by atoms with Crippen molar-refractivity contribution in [1.82, 2.24) is 0 Å². The number of carbonyl (C=O) groups excluding carboxylic acids is 2. The topological polar surface area (TPSA) is 52.6 Å². The third kappa shape index (κ3) is 6.43. The summed E-state index contributed by atoms with van der Waals surface area (Å²) in [6, 6.07) is 5.28. The lowest BCUT2D eigenvalue weighted by molar-refractivity contribution is 0.0412. The van der Waals surface area contributed by atoms with Gasteiger partial charge >= 0.3 is 11.9 Å². The quantitative estimate of drug-likeness (QED) is 0.671. The Morgan fingerprint density at radius 2 is 1.43 bits per heavy atom. The first-order chi connectivity index (χ1) is 10.8. The highest BCUT2D eigenvalue weighted by molar-refractivity contribution is 6.03. The lowest BCUT2D eigenvalue weighted by Gasteiger charge is -2.13. The van der Waals surface area contributed by atoms with Crippen LogP contribution in [-0.2, 0) is 15.9 Å². The summed E-state index contributed by atoms with van der Waals surface area (Å²) in [4.78, 5) is 24.6. The lowest BCUT2D eigenvalue weighted by Crippen LogP contribution is -2.17. The normalized spacial score (nSPS) is 10.9. The minimum Gasteiger partial charge on any atom is -0.462 e. The van der Waals surface area contributed by atoms with Gasteiger partial charge in [0.25, 0.3) is 0 Å². The Balaban J connectivity index is 3.03. The molecule has 4 heteroatoms. The van der Waals surface area contributed by atoms with E-state index in [-0.39, 0.29) is 17.4 Å². The van der Waals surface area contributed by atoms with Gasteiger partial charge in [-0.05, 0) is 36.0 Å². The summed E-state index contributed by atoms with van der Waals surface area (Å²) < 4.78 is 10.6. The molecule has 1 rings (SSSR count). The SMILES string of the molecule is CCCc1ccc(C(=O)OCC(C)C)c(C(=O)OCC(C)C)c1. The molecule has 0 saturated heterocycles. The van der Waals surface area contributed by atoms with E-state index in [0.29, 0.717) is 18.8 Å². The third-order valence-electron chi connectivity index (χ3n) is 3.16. The van der Waals surface area contributed by atoms with Gasteiger partial charge in [-0.3, -0.25) is 0 Å². The first kappa shape index (κ1) is 19.2. The van der Waals surface area contributed by atoms with Crippen LogP contribution in [-0.4, -0.2) is 25.2 Å². The molecule has 0 heterocycles. The van der Waals surface area contributed by atoms with E-state index in [2.05, 4.69) is 6.92 Å². The maximum Gasteiger partial charge on any atom is 0.339 e. The first-order valence-electron chi connectivity index (χ1n) is 8.32. The molecule has 0 amide bonds. The first-order valence-corrected chi connectivity index (χ1v) is 8.32. The summed E-state index contributed by atoms with van der Waals surface area (Å²) in [6.45, 7) is 10.6. The molecule has 0 fully saturated rings. The van der Waals surface area contributed by atoms with Gasteiger partial charge in [-0.25, -0.2) is 9.59 Å². The smallest absolute Gasteiger partial charge is 0.339 e. The molecule has 0 radical (unpaired) electrons. The van der Waals surface area contributed by atoms with Crippen LogP contribution in [0.3, 0.4) is 0 Å². The molecule has 1 aromatic carbocycles. The molecule has 128 valence electrons. The van der Waals surface area contributed by atoms with Gasteiger partial charge in [0, 0.05) is 0 Å². The Morgan fingerprint density at radius 1 is 0.913 bits per heavy atom. The highest BCUT2D eigenvalue weighted by Gasteiger charge is 2.20. The fourth-order valence-electron chi connectivity index (χ4n) is 2.02. The molecule has 0 atom stereocenters. The summed E-state index contributed by atoms with van der Waals surface area (Å²) in [5.41, 5.74) is 1.59. The summed E-state index contributed by atoms with van der Waals surface area (Å²) in [5.74, 6) is -0.449. The van der Waals surface area contributed by atoms with Gasteiger partial charge in [0.2, 0.25) is 0 Å². The van der Waals surface area contributed by atoms with Gasteiger partial charge in [0.15, 0.2) is 0 Å². The van der Waals surface area contributed by atoms with Crippen molar-refractivity contribution in [1.29, 1.82) is 0 Å². The second kappa shape index (κ2) is 9.33. The Hall–Kier alpha value is -1.84. The number of hydrogen-bond acceptors (Lipinski definition) is 4. The van der Waals surface area contributed by atoms with Crippen molar-refractivity contribution in [2.24, 2.45) is 11.8 Å². The average Bonchev–Trinajstić information content (AvgIpc) is 2.50. The Kier molecular flexibility index (Phi) is 7.79. The summed E-state index contributed by atoms with van der Waals surface area (Å²) >= 11 is 0. The van der Waals surface area contributed by atoms with Crippen molar-refractivity contribution >= 4 is 11.9 Å². The predicted molar refractivity (Wildman–Crippen MR) is 90.7 cm³/mol. The molecule has 0 spiro atoms. The maximum atomic E-state index is 12.3. The monoisotopic (exact) mass is 320 g/mol. The van der Waals surface area contributed by atoms with Crippen molar-refractivity contribution in [3.8, 4) is 0 Å². The van der Waals surface area contributed by atoms with Gasteiger partial charge in [0.05, 0.1) is 24.3 Å². The van der Waals surface area contributed by atoms with E-state index in [1.807, 2.05) is 33.8 Å². The zero-order valence-electron chi connectivity index (χ0n) is 14.8. The Labute approximate surface area is 139 Å². The van der Waals surface area contributed by atoms with Crippen molar-refractivity contribution < 1.29 is 19.1 Å². The van der Waals surface area contributed by atoms with Crippen LogP contribution < -0.4 is 0 Å². The summed E-state index contributed by atoms with van der Waals surface area (Å²) in [5, 5.41) is 0.